The fourth-order valence-corrected chi connectivity index (χ4v) is 3.29. The van der Waals surface area contributed by atoms with E-state index in [4.69, 9.17) is 14.2 Å². The van der Waals surface area contributed by atoms with E-state index < -0.39 is 0 Å². The van der Waals surface area contributed by atoms with E-state index in [0.29, 0.717) is 24.7 Å². The summed E-state index contributed by atoms with van der Waals surface area (Å²) in [5, 5.41) is 5.81. The maximum Gasteiger partial charge on any atom is 0.315 e. The van der Waals surface area contributed by atoms with Crippen molar-refractivity contribution in [2.45, 2.75) is 31.5 Å². The molecule has 0 bridgehead atoms. The summed E-state index contributed by atoms with van der Waals surface area (Å²) in [6.45, 7) is 0.991. The van der Waals surface area contributed by atoms with Crippen molar-refractivity contribution in [2.24, 2.45) is 0 Å². The number of nitrogens with one attached hydrogen (secondary N) is 2. The van der Waals surface area contributed by atoms with Crippen LogP contribution >= 0.6 is 0 Å². The van der Waals surface area contributed by atoms with Crippen molar-refractivity contribution in [3.8, 4) is 11.5 Å². The van der Waals surface area contributed by atoms with E-state index in [1.165, 1.54) is 12.1 Å². The third kappa shape index (κ3) is 4.92. The average Bonchev–Trinajstić information content (AvgIpc) is 3.25. The molecule has 2 amide bonds. The van der Waals surface area contributed by atoms with Crippen LogP contribution in [0.4, 0.5) is 9.18 Å². The lowest BCUT2D eigenvalue weighted by Gasteiger charge is -2.25. The number of benzene rings is 2. The first-order valence-electron chi connectivity index (χ1n) is 9.23. The number of urea groups is 1. The molecular formula is C21H25FN2O4. The molecule has 3 rings (SSSR count). The highest BCUT2D eigenvalue weighted by molar-refractivity contribution is 5.74. The van der Waals surface area contributed by atoms with Crippen molar-refractivity contribution in [3.63, 3.8) is 0 Å². The zero-order valence-electron chi connectivity index (χ0n) is 16.0. The molecule has 0 aromatic heterocycles. The number of hydrogen-bond acceptors (Lipinski definition) is 4. The van der Waals surface area contributed by atoms with Gasteiger partial charge in [0.05, 0.1) is 26.4 Å². The number of methoxy groups -OCH3 is 2. The molecule has 0 aliphatic carbocycles. The van der Waals surface area contributed by atoms with Crippen LogP contribution in [0.2, 0.25) is 0 Å². The van der Waals surface area contributed by atoms with Gasteiger partial charge in [0.15, 0.2) is 11.5 Å². The Morgan fingerprint density at radius 2 is 1.93 bits per heavy atom. The van der Waals surface area contributed by atoms with Crippen LogP contribution in [0.3, 0.4) is 0 Å². The van der Waals surface area contributed by atoms with Crippen LogP contribution in [0, 0.1) is 5.82 Å². The summed E-state index contributed by atoms with van der Waals surface area (Å²) in [6, 6.07) is 10.9. The molecule has 7 heteroatoms. The van der Waals surface area contributed by atoms with E-state index in [9.17, 15) is 9.18 Å². The molecule has 28 heavy (non-hydrogen) atoms. The highest BCUT2D eigenvalue weighted by Gasteiger charge is 2.28. The number of carbonyl (C=O) groups excluding carboxylic acids is 1. The normalized spacial score (nSPS) is 17.0. The minimum atomic E-state index is -0.339. The maximum absolute atomic E-state index is 13.3. The molecule has 1 fully saturated rings. The van der Waals surface area contributed by atoms with E-state index >= 15 is 0 Å². The lowest BCUT2D eigenvalue weighted by Crippen LogP contribution is -2.42. The van der Waals surface area contributed by atoms with Crippen LogP contribution in [0.5, 0.6) is 11.5 Å². The lowest BCUT2D eigenvalue weighted by molar-refractivity contribution is 0.0807. The molecule has 2 N–H and O–H groups in total. The summed E-state index contributed by atoms with van der Waals surface area (Å²) in [7, 11) is 3.14. The van der Waals surface area contributed by atoms with Crippen LogP contribution in [-0.4, -0.2) is 33.0 Å². The van der Waals surface area contributed by atoms with Crippen LogP contribution in [-0.2, 0) is 11.3 Å². The number of hydrogen-bond donors (Lipinski definition) is 2. The van der Waals surface area contributed by atoms with E-state index in [-0.39, 0.29) is 24.0 Å². The SMILES string of the molecule is COc1ccc(CNC(=O)NC(c2ccc(F)cc2)C2CCCO2)cc1OC. The second-order valence-corrected chi connectivity index (χ2v) is 6.60. The second-order valence-electron chi connectivity index (χ2n) is 6.60. The number of ether oxygens (including phenoxy) is 3. The number of carbonyl (C=O) groups is 1. The molecule has 1 heterocycles. The molecule has 150 valence electrons. The molecule has 2 aromatic rings. The van der Waals surface area contributed by atoms with E-state index in [1.54, 1.807) is 32.4 Å². The quantitative estimate of drug-likeness (QED) is 0.761. The lowest BCUT2D eigenvalue weighted by atomic mass is 9.99. The van der Waals surface area contributed by atoms with Gasteiger partial charge in [-0.15, -0.1) is 0 Å². The maximum atomic E-state index is 13.3. The Balaban J connectivity index is 1.64. The van der Waals surface area contributed by atoms with E-state index in [0.717, 1.165) is 24.0 Å². The van der Waals surface area contributed by atoms with Gasteiger partial charge in [-0.05, 0) is 48.2 Å². The summed E-state index contributed by atoms with van der Waals surface area (Å²) in [5.41, 5.74) is 1.69. The Kier molecular flexibility index (Phi) is 6.71. The predicted octanol–water partition coefficient (Wildman–Crippen LogP) is 3.56. The first-order valence-corrected chi connectivity index (χ1v) is 9.23. The molecule has 1 saturated heterocycles. The number of amides is 2. The fraction of sp³-hybridized carbons (Fsp3) is 0.381. The third-order valence-electron chi connectivity index (χ3n) is 4.75. The number of halogens is 1. The Morgan fingerprint density at radius 1 is 1.18 bits per heavy atom. The minimum absolute atomic E-state index is 0.128. The van der Waals surface area contributed by atoms with E-state index in [2.05, 4.69) is 10.6 Å². The van der Waals surface area contributed by atoms with E-state index in [1.807, 2.05) is 12.1 Å². The molecule has 2 unspecified atom stereocenters. The van der Waals surface area contributed by atoms with Gasteiger partial charge in [0.25, 0.3) is 0 Å². The largest absolute Gasteiger partial charge is 0.493 e. The Labute approximate surface area is 164 Å². The standard InChI is InChI=1S/C21H25FN2O4/c1-26-17-10-5-14(12-19(17)27-2)13-23-21(25)24-20(18-4-3-11-28-18)15-6-8-16(22)9-7-15/h5-10,12,18,20H,3-4,11,13H2,1-2H3,(H2,23,24,25). The summed E-state index contributed by atoms with van der Waals surface area (Å²) >= 11 is 0. The van der Waals surface area contributed by atoms with Gasteiger partial charge in [-0.25, -0.2) is 9.18 Å². The highest BCUT2D eigenvalue weighted by atomic mass is 19.1. The predicted molar refractivity (Wildman–Crippen MR) is 103 cm³/mol. The molecule has 2 aromatic carbocycles. The highest BCUT2D eigenvalue weighted by Crippen LogP contribution is 2.28. The third-order valence-corrected chi connectivity index (χ3v) is 4.75. The van der Waals surface area contributed by atoms with Crippen molar-refractivity contribution in [2.75, 3.05) is 20.8 Å². The molecule has 0 spiro atoms. The second kappa shape index (κ2) is 9.41. The van der Waals surface area contributed by atoms with Crippen molar-refractivity contribution in [1.29, 1.82) is 0 Å². The topological polar surface area (TPSA) is 68.8 Å². The monoisotopic (exact) mass is 388 g/mol. The van der Waals surface area contributed by atoms with Crippen molar-refractivity contribution >= 4 is 6.03 Å². The van der Waals surface area contributed by atoms with Crippen molar-refractivity contribution in [1.82, 2.24) is 10.6 Å². The van der Waals surface area contributed by atoms with Gasteiger partial charge >= 0.3 is 6.03 Å². The molecule has 1 aliphatic heterocycles. The number of rotatable bonds is 7. The van der Waals surface area contributed by atoms with Crippen molar-refractivity contribution < 1.29 is 23.4 Å². The molecule has 0 saturated carbocycles. The van der Waals surface area contributed by atoms with Crippen LogP contribution < -0.4 is 20.1 Å². The van der Waals surface area contributed by atoms with Crippen molar-refractivity contribution in [3.05, 3.63) is 59.4 Å². The van der Waals surface area contributed by atoms with Gasteiger partial charge < -0.3 is 24.8 Å². The Morgan fingerprint density at radius 3 is 2.57 bits per heavy atom. The fourth-order valence-electron chi connectivity index (χ4n) is 3.29. The van der Waals surface area contributed by atoms with Gasteiger partial charge in [0.2, 0.25) is 0 Å². The molecular weight excluding hydrogens is 363 g/mol. The smallest absolute Gasteiger partial charge is 0.315 e. The molecule has 0 radical (unpaired) electrons. The van der Waals surface area contributed by atoms with Crippen LogP contribution in [0.15, 0.2) is 42.5 Å². The van der Waals surface area contributed by atoms with Gasteiger partial charge in [-0.3, -0.25) is 0 Å². The zero-order chi connectivity index (χ0) is 19.9. The summed E-state index contributed by atoms with van der Waals surface area (Å²) in [4.78, 5) is 12.5. The van der Waals surface area contributed by atoms with Crippen LogP contribution in [0.1, 0.15) is 30.0 Å². The summed E-state index contributed by atoms with van der Waals surface area (Å²) in [5.74, 6) is 0.920. The Hall–Kier alpha value is -2.80. The molecule has 2 atom stereocenters. The first kappa shape index (κ1) is 19.9. The zero-order valence-corrected chi connectivity index (χ0v) is 16.0. The minimum Gasteiger partial charge on any atom is -0.493 e. The molecule has 1 aliphatic rings. The average molecular weight is 388 g/mol. The summed E-state index contributed by atoms with van der Waals surface area (Å²) < 4.78 is 29.5. The Bertz CT molecular complexity index is 791. The summed E-state index contributed by atoms with van der Waals surface area (Å²) in [6.07, 6.45) is 1.66. The van der Waals surface area contributed by atoms with Crippen LogP contribution in [0.25, 0.3) is 0 Å². The van der Waals surface area contributed by atoms with Gasteiger partial charge in [-0.2, -0.15) is 0 Å². The van der Waals surface area contributed by atoms with Gasteiger partial charge in [-0.1, -0.05) is 18.2 Å². The van der Waals surface area contributed by atoms with Gasteiger partial charge in [0, 0.05) is 13.2 Å². The van der Waals surface area contributed by atoms with Gasteiger partial charge in [0.1, 0.15) is 5.82 Å². The first-order chi connectivity index (χ1) is 13.6. The molecule has 6 nitrogen and oxygen atoms in total.